The van der Waals surface area contributed by atoms with Crippen LogP contribution in [0.5, 0.6) is 11.5 Å². The first-order valence-corrected chi connectivity index (χ1v) is 11.8. The molecule has 2 aliphatic heterocycles. The first-order valence-electron chi connectivity index (χ1n) is 11.8. The fraction of sp³-hybridized carbons (Fsp3) is 0.720. The van der Waals surface area contributed by atoms with Crippen LogP contribution in [0.1, 0.15) is 57.1 Å². The number of benzene rings is 1. The molecule has 1 aromatic carbocycles. The zero-order chi connectivity index (χ0) is 20.8. The van der Waals surface area contributed by atoms with Gasteiger partial charge in [0.2, 0.25) is 0 Å². The third-order valence-corrected chi connectivity index (χ3v) is 9.37. The molecule has 0 aromatic heterocycles. The monoisotopic (exact) mass is 411 g/mol. The highest BCUT2D eigenvalue weighted by Crippen LogP contribution is 2.67. The Morgan fingerprint density at radius 3 is 2.83 bits per heavy atom. The van der Waals surface area contributed by atoms with E-state index in [-0.39, 0.29) is 29.0 Å². The number of phenols is 1. The van der Waals surface area contributed by atoms with E-state index in [9.17, 15) is 9.90 Å². The predicted octanol–water partition coefficient (Wildman–Crippen LogP) is 3.45. The molecule has 1 N–H and O–H groups in total. The van der Waals surface area contributed by atoms with Gasteiger partial charge in [0, 0.05) is 30.7 Å². The third kappa shape index (κ3) is 2.18. The maximum absolute atomic E-state index is 12.9. The Morgan fingerprint density at radius 2 is 2.17 bits per heavy atom. The van der Waals surface area contributed by atoms with Gasteiger partial charge >= 0.3 is 0 Å². The van der Waals surface area contributed by atoms with Crippen LogP contribution < -0.4 is 4.74 Å². The fourth-order valence-corrected chi connectivity index (χ4v) is 7.91. The van der Waals surface area contributed by atoms with Crippen LogP contribution >= 0.6 is 0 Å². The first-order chi connectivity index (χ1) is 14.5. The molecule has 1 spiro atoms. The quantitative estimate of drug-likeness (QED) is 0.804. The number of nitrogens with zero attached hydrogens (tertiary/aromatic N) is 1. The Kier molecular flexibility index (Phi) is 3.97. The van der Waals surface area contributed by atoms with E-state index in [1.807, 2.05) is 0 Å². The summed E-state index contributed by atoms with van der Waals surface area (Å²) in [5.41, 5.74) is 1.75. The second kappa shape index (κ2) is 6.23. The summed E-state index contributed by atoms with van der Waals surface area (Å²) in [6, 6.07) is 4.36. The van der Waals surface area contributed by atoms with Crippen LogP contribution in [0.4, 0.5) is 0 Å². The lowest BCUT2D eigenvalue weighted by atomic mass is 9.46. The lowest BCUT2D eigenvalue weighted by Crippen LogP contribution is -2.73. The number of carbonyl (C=O) groups is 1. The molecule has 3 aliphatic carbocycles. The minimum absolute atomic E-state index is 0.162. The van der Waals surface area contributed by atoms with Crippen LogP contribution in [-0.2, 0) is 21.4 Å². The Bertz CT molecular complexity index is 905. The first kappa shape index (κ1) is 19.1. The minimum Gasteiger partial charge on any atom is -0.504 e. The number of aromatic hydroxyl groups is 1. The Hall–Kier alpha value is -1.59. The summed E-state index contributed by atoms with van der Waals surface area (Å²) >= 11 is 0. The second-order valence-corrected chi connectivity index (χ2v) is 10.5. The van der Waals surface area contributed by atoms with Crippen LogP contribution in [-0.4, -0.2) is 53.7 Å². The van der Waals surface area contributed by atoms with Gasteiger partial charge in [-0.05, 0) is 75.5 Å². The van der Waals surface area contributed by atoms with Gasteiger partial charge in [0.15, 0.2) is 11.5 Å². The topological polar surface area (TPSA) is 59.0 Å². The van der Waals surface area contributed by atoms with Crippen molar-refractivity contribution in [3.05, 3.63) is 23.3 Å². The lowest BCUT2D eigenvalue weighted by Gasteiger charge is -2.63. The standard InChI is InChI=1S/C25H33NO4/c1-4-25(29-3)17(14(2)27)12-18-19-11-16-7-8-20(28)22-21(16)24(18,23(25)30-22)9-10-26(19)13-15-5-6-15/h7-8,15,17-19,23,28H,4-6,9-13H2,1-3H3/t17-,18?,19?,23-,24+,25-/m0/s1. The van der Waals surface area contributed by atoms with Crippen molar-refractivity contribution in [2.75, 3.05) is 20.2 Å². The van der Waals surface area contributed by atoms with Crippen LogP contribution in [0.15, 0.2) is 12.1 Å². The zero-order valence-electron chi connectivity index (χ0n) is 18.3. The summed E-state index contributed by atoms with van der Waals surface area (Å²) in [4.78, 5) is 15.6. The van der Waals surface area contributed by atoms with E-state index < -0.39 is 5.60 Å². The zero-order valence-corrected chi connectivity index (χ0v) is 18.3. The molecule has 2 unspecified atom stereocenters. The molecule has 0 amide bonds. The SMILES string of the molecule is CC[C@@]1(OC)[C@H]2Oc3c(O)ccc4c3[C@]23CCN(CC2CC2)C(C4)C3C[C@H]1C(C)=O. The maximum Gasteiger partial charge on any atom is 0.165 e. The summed E-state index contributed by atoms with van der Waals surface area (Å²) in [6.45, 7) is 6.10. The van der Waals surface area contributed by atoms with Crippen molar-refractivity contribution in [2.24, 2.45) is 17.8 Å². The van der Waals surface area contributed by atoms with Gasteiger partial charge in [-0.2, -0.15) is 0 Å². The average molecular weight is 412 g/mol. The van der Waals surface area contributed by atoms with Crippen molar-refractivity contribution in [1.29, 1.82) is 0 Å². The van der Waals surface area contributed by atoms with E-state index in [0.29, 0.717) is 17.7 Å². The molecule has 6 rings (SSSR count). The smallest absolute Gasteiger partial charge is 0.165 e. The minimum atomic E-state index is -0.647. The third-order valence-electron chi connectivity index (χ3n) is 9.37. The number of piperidine rings is 1. The van der Waals surface area contributed by atoms with Gasteiger partial charge in [-0.3, -0.25) is 9.69 Å². The van der Waals surface area contributed by atoms with Gasteiger partial charge in [0.25, 0.3) is 0 Å². The molecular weight excluding hydrogens is 378 g/mol. The van der Waals surface area contributed by atoms with Gasteiger partial charge in [-0.1, -0.05) is 13.0 Å². The number of ether oxygens (including phenoxy) is 2. The van der Waals surface area contributed by atoms with Crippen molar-refractivity contribution >= 4 is 5.78 Å². The molecule has 30 heavy (non-hydrogen) atoms. The van der Waals surface area contributed by atoms with Gasteiger partial charge in [-0.15, -0.1) is 0 Å². The Morgan fingerprint density at radius 1 is 1.37 bits per heavy atom. The summed E-state index contributed by atoms with van der Waals surface area (Å²) < 4.78 is 12.9. The summed E-state index contributed by atoms with van der Waals surface area (Å²) in [5, 5.41) is 10.7. The number of hydrogen-bond donors (Lipinski definition) is 1. The number of ketones is 1. The van der Waals surface area contributed by atoms with E-state index in [2.05, 4.69) is 17.9 Å². The van der Waals surface area contributed by atoms with Crippen LogP contribution in [0, 0.1) is 17.8 Å². The van der Waals surface area contributed by atoms with Crippen LogP contribution in [0.2, 0.25) is 0 Å². The van der Waals surface area contributed by atoms with Crippen molar-refractivity contribution in [3.63, 3.8) is 0 Å². The van der Waals surface area contributed by atoms with Gasteiger partial charge in [0.1, 0.15) is 17.5 Å². The fourth-order valence-electron chi connectivity index (χ4n) is 7.91. The number of rotatable bonds is 5. The highest BCUT2D eigenvalue weighted by atomic mass is 16.6. The molecule has 5 nitrogen and oxygen atoms in total. The van der Waals surface area contributed by atoms with Gasteiger partial charge < -0.3 is 14.6 Å². The number of methoxy groups -OCH3 is 1. The van der Waals surface area contributed by atoms with E-state index >= 15 is 0 Å². The van der Waals surface area contributed by atoms with E-state index in [1.54, 1.807) is 20.1 Å². The largest absolute Gasteiger partial charge is 0.504 e. The number of phenolic OH excluding ortho intramolecular Hbond substituents is 1. The molecule has 5 heteroatoms. The van der Waals surface area contributed by atoms with Crippen molar-refractivity contribution in [1.82, 2.24) is 4.90 Å². The molecule has 3 fully saturated rings. The normalized spacial score (nSPS) is 41.3. The highest BCUT2D eigenvalue weighted by molar-refractivity contribution is 5.80. The molecule has 2 heterocycles. The van der Waals surface area contributed by atoms with Gasteiger partial charge in [-0.25, -0.2) is 0 Å². The van der Waals surface area contributed by atoms with Crippen molar-refractivity contribution in [3.8, 4) is 11.5 Å². The summed E-state index contributed by atoms with van der Waals surface area (Å²) in [6.07, 6.45) is 6.10. The van der Waals surface area contributed by atoms with Crippen molar-refractivity contribution < 1.29 is 19.4 Å². The second-order valence-electron chi connectivity index (χ2n) is 10.5. The van der Waals surface area contributed by atoms with Crippen LogP contribution in [0.25, 0.3) is 0 Å². The van der Waals surface area contributed by atoms with E-state index in [1.165, 1.54) is 30.5 Å². The molecule has 2 bridgehead atoms. The van der Waals surface area contributed by atoms with Gasteiger partial charge in [0.05, 0.1) is 5.92 Å². The highest BCUT2D eigenvalue weighted by Gasteiger charge is 2.72. The van der Waals surface area contributed by atoms with E-state index in [0.717, 1.165) is 38.1 Å². The molecule has 1 aromatic rings. The van der Waals surface area contributed by atoms with Crippen molar-refractivity contribution in [2.45, 2.75) is 75.5 Å². The molecule has 5 aliphatic rings. The lowest BCUT2D eigenvalue weighted by molar-refractivity contribution is -0.204. The number of likely N-dealkylation sites (tertiary alicyclic amines) is 1. The molecule has 1 saturated heterocycles. The predicted molar refractivity (Wildman–Crippen MR) is 113 cm³/mol. The molecule has 162 valence electrons. The molecular formula is C25H33NO4. The Labute approximate surface area is 178 Å². The molecule has 0 radical (unpaired) electrons. The molecule has 6 atom stereocenters. The maximum atomic E-state index is 12.9. The summed E-state index contributed by atoms with van der Waals surface area (Å²) in [5.74, 6) is 2.15. The number of carbonyl (C=O) groups excluding carboxylic acids is 1. The average Bonchev–Trinajstić information content (AvgIpc) is 3.48. The summed E-state index contributed by atoms with van der Waals surface area (Å²) in [7, 11) is 1.74. The number of hydrogen-bond acceptors (Lipinski definition) is 5. The van der Waals surface area contributed by atoms with E-state index in [4.69, 9.17) is 9.47 Å². The number of Topliss-reactive ketones (excluding diaryl/α,β-unsaturated/α-hetero) is 1. The van der Waals surface area contributed by atoms with Crippen LogP contribution in [0.3, 0.4) is 0 Å². The Balaban J connectivity index is 1.56. The molecule has 2 saturated carbocycles.